The Morgan fingerprint density at radius 2 is 2.21 bits per heavy atom. The van der Waals surface area contributed by atoms with Crippen LogP contribution in [0.3, 0.4) is 0 Å². The molecule has 1 amide bonds. The van der Waals surface area contributed by atoms with Crippen molar-refractivity contribution in [3.05, 3.63) is 39.5 Å². The van der Waals surface area contributed by atoms with E-state index in [4.69, 9.17) is 15.2 Å². The number of hydrogen-bond donors (Lipinski definition) is 1. The third-order valence-corrected chi connectivity index (χ3v) is 5.46. The summed E-state index contributed by atoms with van der Waals surface area (Å²) >= 11 is 1.47. The molecule has 2 aromatic rings. The van der Waals surface area contributed by atoms with E-state index in [1.165, 1.54) is 11.3 Å². The zero-order chi connectivity index (χ0) is 19.9. The molecule has 1 unspecified atom stereocenters. The zero-order valence-electron chi connectivity index (χ0n) is 16.1. The minimum absolute atomic E-state index is 0.333. The second-order valence-electron chi connectivity index (χ2n) is 7.97. The number of fused-ring (bicyclic) bond motifs is 2. The first kappa shape index (κ1) is 18.7. The van der Waals surface area contributed by atoms with Gasteiger partial charge in [0, 0.05) is 30.3 Å². The van der Waals surface area contributed by atoms with Gasteiger partial charge in [-0.05, 0) is 26.7 Å². The van der Waals surface area contributed by atoms with Gasteiger partial charge in [0.25, 0.3) is 0 Å². The van der Waals surface area contributed by atoms with E-state index in [0.717, 1.165) is 16.0 Å². The number of anilines is 1. The number of amides is 1. The predicted octanol–water partition coefficient (Wildman–Crippen LogP) is 2.89. The fourth-order valence-corrected chi connectivity index (χ4v) is 4.06. The molecule has 146 valence electrons. The van der Waals surface area contributed by atoms with Crippen molar-refractivity contribution in [2.75, 3.05) is 18.8 Å². The standard InChI is InChI=1S/C20H22N4O3S/c1-19(2,3)27-18(25)24-7-6-20(11-24)16-13(10-26-20)8-23-17(21)15(16)5-4-14-9-22-12-28-14/h8-9,12H,6-7,10-11H2,1-3H3,(H2,21,23). The lowest BCUT2D eigenvalue weighted by atomic mass is 9.88. The van der Waals surface area contributed by atoms with Crippen LogP contribution in [0.25, 0.3) is 0 Å². The van der Waals surface area contributed by atoms with Crippen LogP contribution in [0, 0.1) is 11.8 Å². The summed E-state index contributed by atoms with van der Waals surface area (Å²) in [6.45, 7) is 6.97. The van der Waals surface area contributed by atoms with E-state index in [2.05, 4.69) is 21.8 Å². The second-order valence-corrected chi connectivity index (χ2v) is 8.86. The molecule has 1 spiro atoms. The van der Waals surface area contributed by atoms with Crippen LogP contribution in [-0.4, -0.2) is 39.7 Å². The van der Waals surface area contributed by atoms with Gasteiger partial charge in [-0.3, -0.25) is 4.98 Å². The molecular weight excluding hydrogens is 376 g/mol. The van der Waals surface area contributed by atoms with Crippen molar-refractivity contribution >= 4 is 23.2 Å². The minimum atomic E-state index is -0.624. The van der Waals surface area contributed by atoms with Crippen molar-refractivity contribution in [2.24, 2.45) is 0 Å². The number of hydrogen-bond acceptors (Lipinski definition) is 7. The van der Waals surface area contributed by atoms with Crippen LogP contribution < -0.4 is 5.73 Å². The minimum Gasteiger partial charge on any atom is -0.444 e. The van der Waals surface area contributed by atoms with Crippen molar-refractivity contribution in [1.29, 1.82) is 0 Å². The van der Waals surface area contributed by atoms with E-state index >= 15 is 0 Å². The number of nitrogens with two attached hydrogens (primary N) is 1. The third-order valence-electron chi connectivity index (χ3n) is 4.77. The number of thiazole rings is 1. The highest BCUT2D eigenvalue weighted by Crippen LogP contribution is 2.46. The Hall–Kier alpha value is -2.63. The topological polar surface area (TPSA) is 90.6 Å². The monoisotopic (exact) mass is 398 g/mol. The van der Waals surface area contributed by atoms with Gasteiger partial charge in [0.15, 0.2) is 0 Å². The first-order valence-corrected chi connectivity index (χ1v) is 9.96. The molecule has 4 heterocycles. The van der Waals surface area contributed by atoms with Crippen molar-refractivity contribution in [2.45, 2.75) is 45.0 Å². The zero-order valence-corrected chi connectivity index (χ0v) is 16.9. The molecule has 0 aromatic carbocycles. The molecule has 4 rings (SSSR count). The van der Waals surface area contributed by atoms with E-state index in [9.17, 15) is 4.79 Å². The number of rotatable bonds is 0. The smallest absolute Gasteiger partial charge is 0.410 e. The largest absolute Gasteiger partial charge is 0.444 e. The van der Waals surface area contributed by atoms with Crippen LogP contribution in [0.1, 0.15) is 48.8 Å². The summed E-state index contributed by atoms with van der Waals surface area (Å²) in [5.41, 5.74) is 9.34. The molecule has 1 saturated heterocycles. The molecular formula is C20H22N4O3S. The lowest BCUT2D eigenvalue weighted by Crippen LogP contribution is -2.38. The SMILES string of the molecule is CC(C)(C)OC(=O)N1CCC2(C1)OCc1cnc(N)c(C#Cc3cncs3)c12. The van der Waals surface area contributed by atoms with Gasteiger partial charge in [-0.25, -0.2) is 9.78 Å². The Labute approximate surface area is 167 Å². The number of aromatic nitrogens is 2. The van der Waals surface area contributed by atoms with Crippen molar-refractivity contribution in [1.82, 2.24) is 14.9 Å². The molecule has 0 saturated carbocycles. The van der Waals surface area contributed by atoms with Crippen LogP contribution in [0.2, 0.25) is 0 Å². The van der Waals surface area contributed by atoms with Crippen LogP contribution in [-0.2, 0) is 21.7 Å². The van der Waals surface area contributed by atoms with Crippen LogP contribution in [0.15, 0.2) is 17.9 Å². The van der Waals surface area contributed by atoms with Crippen LogP contribution in [0.4, 0.5) is 10.6 Å². The number of carbonyl (C=O) groups is 1. The summed E-state index contributed by atoms with van der Waals surface area (Å²) < 4.78 is 11.7. The van der Waals surface area contributed by atoms with E-state index < -0.39 is 11.2 Å². The number of likely N-dealkylation sites (tertiary alicyclic amines) is 1. The summed E-state index contributed by atoms with van der Waals surface area (Å²) in [7, 11) is 0. The lowest BCUT2D eigenvalue weighted by molar-refractivity contribution is -0.0328. The predicted molar refractivity (Wildman–Crippen MR) is 106 cm³/mol. The Kier molecular flexibility index (Phi) is 4.52. The Morgan fingerprint density at radius 1 is 1.39 bits per heavy atom. The maximum Gasteiger partial charge on any atom is 0.410 e. The van der Waals surface area contributed by atoms with E-state index in [-0.39, 0.29) is 6.09 Å². The van der Waals surface area contributed by atoms with Gasteiger partial charge in [-0.1, -0.05) is 5.92 Å². The van der Waals surface area contributed by atoms with Gasteiger partial charge in [0.1, 0.15) is 17.0 Å². The van der Waals surface area contributed by atoms with Crippen molar-refractivity contribution < 1.29 is 14.3 Å². The number of nitrogen functional groups attached to an aromatic ring is 1. The molecule has 0 aliphatic carbocycles. The van der Waals surface area contributed by atoms with Crippen molar-refractivity contribution in [3.8, 4) is 11.8 Å². The molecule has 2 aromatic heterocycles. The Morgan fingerprint density at radius 3 is 2.93 bits per heavy atom. The molecule has 2 aliphatic rings. The molecule has 0 radical (unpaired) electrons. The van der Waals surface area contributed by atoms with Crippen LogP contribution >= 0.6 is 11.3 Å². The number of carbonyl (C=O) groups excluding carboxylic acids is 1. The first-order chi connectivity index (χ1) is 13.3. The molecule has 0 bridgehead atoms. The highest BCUT2D eigenvalue weighted by Gasteiger charge is 2.49. The lowest BCUT2D eigenvalue weighted by Gasteiger charge is -2.27. The number of nitrogens with zero attached hydrogens (tertiary/aromatic N) is 3. The molecule has 8 heteroatoms. The fraction of sp³-hybridized carbons (Fsp3) is 0.450. The van der Waals surface area contributed by atoms with Gasteiger partial charge in [0.2, 0.25) is 0 Å². The summed E-state index contributed by atoms with van der Waals surface area (Å²) in [5.74, 6) is 6.65. The Bertz CT molecular complexity index is 972. The Balaban J connectivity index is 1.67. The molecule has 28 heavy (non-hydrogen) atoms. The average molecular weight is 398 g/mol. The second kappa shape index (κ2) is 6.76. The molecule has 1 fully saturated rings. The molecule has 2 N–H and O–H groups in total. The van der Waals surface area contributed by atoms with Gasteiger partial charge < -0.3 is 20.1 Å². The van der Waals surface area contributed by atoms with E-state index in [0.29, 0.717) is 37.5 Å². The van der Waals surface area contributed by atoms with Gasteiger partial charge in [-0.15, -0.1) is 11.3 Å². The van der Waals surface area contributed by atoms with Gasteiger partial charge in [-0.2, -0.15) is 0 Å². The maximum absolute atomic E-state index is 12.5. The highest BCUT2D eigenvalue weighted by atomic mass is 32.1. The van der Waals surface area contributed by atoms with Crippen LogP contribution in [0.5, 0.6) is 0 Å². The fourth-order valence-electron chi connectivity index (χ4n) is 3.60. The number of pyridine rings is 1. The average Bonchev–Trinajstić information content (AvgIpc) is 3.35. The highest BCUT2D eigenvalue weighted by molar-refractivity contribution is 7.10. The summed E-state index contributed by atoms with van der Waals surface area (Å²) in [6, 6.07) is 0. The van der Waals surface area contributed by atoms with Gasteiger partial charge >= 0.3 is 6.09 Å². The van der Waals surface area contributed by atoms with Crippen molar-refractivity contribution in [3.63, 3.8) is 0 Å². The summed E-state index contributed by atoms with van der Waals surface area (Å²) in [6.07, 6.45) is 3.79. The molecule has 7 nitrogen and oxygen atoms in total. The summed E-state index contributed by atoms with van der Waals surface area (Å²) in [5, 5.41) is 0. The quantitative estimate of drug-likeness (QED) is 0.686. The van der Waals surface area contributed by atoms with E-state index in [1.807, 2.05) is 20.8 Å². The summed E-state index contributed by atoms with van der Waals surface area (Å²) in [4.78, 5) is 23.4. The van der Waals surface area contributed by atoms with E-state index in [1.54, 1.807) is 22.8 Å². The first-order valence-electron chi connectivity index (χ1n) is 9.08. The molecule has 2 aliphatic heterocycles. The maximum atomic E-state index is 12.5. The molecule has 1 atom stereocenters. The normalized spacial score (nSPS) is 20.8. The number of ether oxygens (including phenoxy) is 2. The third kappa shape index (κ3) is 3.43. The van der Waals surface area contributed by atoms with Gasteiger partial charge in [0.05, 0.1) is 35.3 Å².